The van der Waals surface area contributed by atoms with Crippen LogP contribution in [0.4, 0.5) is 0 Å². The molecule has 0 aliphatic carbocycles. The Bertz CT molecular complexity index is 441. The first-order valence-corrected chi connectivity index (χ1v) is 6.70. The van der Waals surface area contributed by atoms with Gasteiger partial charge in [0, 0.05) is 12.6 Å². The first-order chi connectivity index (χ1) is 9.51. The van der Waals surface area contributed by atoms with E-state index in [-0.39, 0.29) is 24.3 Å². The molecule has 5 nitrogen and oxygen atoms in total. The van der Waals surface area contributed by atoms with E-state index >= 15 is 0 Å². The number of methoxy groups -OCH3 is 1. The van der Waals surface area contributed by atoms with Crippen molar-refractivity contribution in [2.45, 2.75) is 32.7 Å². The Balaban J connectivity index is 2.25. The molecule has 1 rings (SSSR count). The first kappa shape index (κ1) is 16.0. The summed E-state index contributed by atoms with van der Waals surface area (Å²) in [5, 5.41) is 5.41. The molecule has 2 amide bonds. The second-order valence-electron chi connectivity index (χ2n) is 4.85. The summed E-state index contributed by atoms with van der Waals surface area (Å²) in [6.45, 7) is 4.24. The first-order valence-electron chi connectivity index (χ1n) is 6.70. The molecule has 0 heterocycles. The van der Waals surface area contributed by atoms with Crippen molar-refractivity contribution in [3.63, 3.8) is 0 Å². The summed E-state index contributed by atoms with van der Waals surface area (Å²) < 4.78 is 5.07. The van der Waals surface area contributed by atoms with E-state index in [1.165, 1.54) is 0 Å². The van der Waals surface area contributed by atoms with Crippen molar-refractivity contribution in [1.29, 1.82) is 0 Å². The molecule has 0 radical (unpaired) electrons. The van der Waals surface area contributed by atoms with Gasteiger partial charge in [-0.1, -0.05) is 12.1 Å². The van der Waals surface area contributed by atoms with E-state index in [0.717, 1.165) is 17.7 Å². The zero-order chi connectivity index (χ0) is 15.0. The van der Waals surface area contributed by atoms with Gasteiger partial charge in [-0.05, 0) is 38.0 Å². The second kappa shape index (κ2) is 8.19. The van der Waals surface area contributed by atoms with Crippen LogP contribution < -0.4 is 15.4 Å². The van der Waals surface area contributed by atoms with Crippen LogP contribution in [0.25, 0.3) is 0 Å². The molecule has 0 spiro atoms. The maximum Gasteiger partial charge on any atom is 0.229 e. The number of ether oxygens (including phenoxy) is 1. The lowest BCUT2D eigenvalue weighted by Crippen LogP contribution is -2.35. The van der Waals surface area contributed by atoms with Crippen LogP contribution in [0.2, 0.25) is 0 Å². The van der Waals surface area contributed by atoms with E-state index in [2.05, 4.69) is 10.6 Å². The normalized spacial score (nSPS) is 10.2. The van der Waals surface area contributed by atoms with Gasteiger partial charge in [-0.2, -0.15) is 0 Å². The average Bonchev–Trinajstić information content (AvgIpc) is 2.38. The minimum atomic E-state index is -0.253. The topological polar surface area (TPSA) is 67.4 Å². The van der Waals surface area contributed by atoms with Gasteiger partial charge in [0.25, 0.3) is 0 Å². The number of carbonyl (C=O) groups excluding carboxylic acids is 2. The summed E-state index contributed by atoms with van der Waals surface area (Å²) in [6, 6.07) is 7.72. The van der Waals surface area contributed by atoms with Crippen LogP contribution in [0, 0.1) is 0 Å². The Labute approximate surface area is 119 Å². The molecule has 1 aromatic carbocycles. The highest BCUT2D eigenvalue weighted by Crippen LogP contribution is 2.11. The van der Waals surface area contributed by atoms with Gasteiger partial charge in [-0.3, -0.25) is 9.59 Å². The lowest BCUT2D eigenvalue weighted by Gasteiger charge is -2.09. The Morgan fingerprint density at radius 3 is 2.35 bits per heavy atom. The number of rotatable bonds is 7. The number of nitrogens with one attached hydrogen (secondary N) is 2. The smallest absolute Gasteiger partial charge is 0.229 e. The van der Waals surface area contributed by atoms with E-state index in [1.54, 1.807) is 7.11 Å². The summed E-state index contributed by atoms with van der Waals surface area (Å²) in [6.07, 6.45) is 0.600. The summed E-state index contributed by atoms with van der Waals surface area (Å²) in [5.41, 5.74) is 1.11. The maximum absolute atomic E-state index is 11.5. The quantitative estimate of drug-likeness (QED) is 0.738. The highest BCUT2D eigenvalue weighted by atomic mass is 16.5. The lowest BCUT2D eigenvalue weighted by atomic mass is 10.1. The zero-order valence-electron chi connectivity index (χ0n) is 12.2. The predicted octanol–water partition coefficient (Wildman–Crippen LogP) is 1.27. The lowest BCUT2D eigenvalue weighted by molar-refractivity contribution is -0.129. The molecule has 0 atom stereocenters. The van der Waals surface area contributed by atoms with Crippen LogP contribution in [0.3, 0.4) is 0 Å². The van der Waals surface area contributed by atoms with Crippen LogP contribution >= 0.6 is 0 Å². The molecule has 0 aliphatic heterocycles. The van der Waals surface area contributed by atoms with Crippen LogP contribution in [0.15, 0.2) is 24.3 Å². The van der Waals surface area contributed by atoms with Crippen LogP contribution in [-0.2, 0) is 16.0 Å². The Hall–Kier alpha value is -2.04. The van der Waals surface area contributed by atoms with Crippen molar-refractivity contribution in [1.82, 2.24) is 10.6 Å². The monoisotopic (exact) mass is 278 g/mol. The Morgan fingerprint density at radius 2 is 1.80 bits per heavy atom. The third-order valence-corrected chi connectivity index (χ3v) is 2.67. The van der Waals surface area contributed by atoms with Crippen LogP contribution in [-0.4, -0.2) is 31.5 Å². The largest absolute Gasteiger partial charge is 0.497 e. The molecular weight excluding hydrogens is 256 g/mol. The van der Waals surface area contributed by atoms with E-state index < -0.39 is 0 Å². The van der Waals surface area contributed by atoms with Crippen LogP contribution in [0.1, 0.15) is 25.8 Å². The van der Waals surface area contributed by atoms with Crippen molar-refractivity contribution < 1.29 is 14.3 Å². The number of amides is 2. The molecule has 0 saturated heterocycles. The molecule has 0 fully saturated rings. The van der Waals surface area contributed by atoms with Crippen molar-refractivity contribution in [2.75, 3.05) is 13.7 Å². The number of benzene rings is 1. The van der Waals surface area contributed by atoms with Crippen LogP contribution in [0.5, 0.6) is 5.75 Å². The molecule has 5 heteroatoms. The molecule has 0 bridgehead atoms. The fourth-order valence-electron chi connectivity index (χ4n) is 1.72. The number of carbonyl (C=O) groups is 2. The molecule has 0 aromatic heterocycles. The molecule has 0 unspecified atom stereocenters. The van der Waals surface area contributed by atoms with Crippen molar-refractivity contribution in [3.05, 3.63) is 29.8 Å². The summed E-state index contributed by atoms with van der Waals surface area (Å²) in [4.78, 5) is 22.9. The second-order valence-corrected chi connectivity index (χ2v) is 4.85. The maximum atomic E-state index is 11.5. The molecule has 0 aliphatic rings. The fourth-order valence-corrected chi connectivity index (χ4v) is 1.72. The third-order valence-electron chi connectivity index (χ3n) is 2.67. The highest BCUT2D eigenvalue weighted by Gasteiger charge is 2.09. The standard InChI is InChI=1S/C15H22N2O3/c1-11(2)17-15(19)10-14(18)16-9-8-12-4-6-13(20-3)7-5-12/h4-7,11H,8-10H2,1-3H3,(H,16,18)(H,17,19). The van der Waals surface area contributed by atoms with Gasteiger partial charge in [0.1, 0.15) is 12.2 Å². The molecule has 2 N–H and O–H groups in total. The highest BCUT2D eigenvalue weighted by molar-refractivity contribution is 5.96. The van der Waals surface area contributed by atoms with Gasteiger partial charge >= 0.3 is 0 Å². The van der Waals surface area contributed by atoms with Crippen molar-refractivity contribution >= 4 is 11.8 Å². The van der Waals surface area contributed by atoms with Gasteiger partial charge in [0.2, 0.25) is 11.8 Å². The SMILES string of the molecule is COc1ccc(CCNC(=O)CC(=O)NC(C)C)cc1. The van der Waals surface area contributed by atoms with E-state index in [0.29, 0.717) is 6.54 Å². The molecular formula is C15H22N2O3. The van der Waals surface area contributed by atoms with E-state index in [4.69, 9.17) is 4.74 Å². The van der Waals surface area contributed by atoms with Crippen molar-refractivity contribution in [3.8, 4) is 5.75 Å². The molecule has 20 heavy (non-hydrogen) atoms. The number of hydrogen-bond acceptors (Lipinski definition) is 3. The number of hydrogen-bond donors (Lipinski definition) is 2. The fraction of sp³-hybridized carbons (Fsp3) is 0.467. The van der Waals surface area contributed by atoms with E-state index in [9.17, 15) is 9.59 Å². The summed E-state index contributed by atoms with van der Waals surface area (Å²) in [7, 11) is 1.62. The van der Waals surface area contributed by atoms with Gasteiger partial charge < -0.3 is 15.4 Å². The third kappa shape index (κ3) is 6.22. The minimum Gasteiger partial charge on any atom is -0.497 e. The zero-order valence-corrected chi connectivity index (χ0v) is 12.2. The van der Waals surface area contributed by atoms with Gasteiger partial charge in [-0.25, -0.2) is 0 Å². The molecule has 110 valence electrons. The van der Waals surface area contributed by atoms with Crippen molar-refractivity contribution in [2.24, 2.45) is 0 Å². The average molecular weight is 278 g/mol. The van der Waals surface area contributed by atoms with Gasteiger partial charge in [0.15, 0.2) is 0 Å². The van der Waals surface area contributed by atoms with Gasteiger partial charge in [0.05, 0.1) is 7.11 Å². The van der Waals surface area contributed by atoms with E-state index in [1.807, 2.05) is 38.1 Å². The Morgan fingerprint density at radius 1 is 1.15 bits per heavy atom. The Kier molecular flexibility index (Phi) is 6.56. The molecule has 1 aromatic rings. The molecule has 0 saturated carbocycles. The van der Waals surface area contributed by atoms with Gasteiger partial charge in [-0.15, -0.1) is 0 Å². The summed E-state index contributed by atoms with van der Waals surface area (Å²) >= 11 is 0. The summed E-state index contributed by atoms with van der Waals surface area (Å²) in [5.74, 6) is 0.307. The predicted molar refractivity (Wildman–Crippen MR) is 77.6 cm³/mol. The minimum absolute atomic E-state index is 0.0506.